The van der Waals surface area contributed by atoms with Gasteiger partial charge in [0.2, 0.25) is 5.91 Å². The third kappa shape index (κ3) is 5.49. The number of rotatable bonds is 8. The average Bonchev–Trinajstić information content (AvgIpc) is 2.95. The Labute approximate surface area is 159 Å². The molecule has 0 radical (unpaired) electrons. The van der Waals surface area contributed by atoms with Gasteiger partial charge in [0, 0.05) is 18.6 Å². The number of carbonyl (C=O) groups is 1. The van der Waals surface area contributed by atoms with Gasteiger partial charge in [0.05, 0.1) is 5.75 Å². The Morgan fingerprint density at radius 1 is 1.27 bits per heavy atom. The van der Waals surface area contributed by atoms with Gasteiger partial charge in [-0.15, -0.1) is 5.10 Å². The first kappa shape index (κ1) is 20.3. The van der Waals surface area contributed by atoms with E-state index in [2.05, 4.69) is 17.1 Å². The third-order valence-electron chi connectivity index (χ3n) is 4.08. The molecule has 0 saturated heterocycles. The molecule has 0 bridgehead atoms. The van der Waals surface area contributed by atoms with E-state index in [0.717, 1.165) is 18.4 Å². The predicted molar refractivity (Wildman–Crippen MR) is 105 cm³/mol. The number of aromatic nitrogens is 3. The van der Waals surface area contributed by atoms with Gasteiger partial charge in [0.1, 0.15) is 0 Å². The van der Waals surface area contributed by atoms with Gasteiger partial charge in [0.15, 0.2) is 5.16 Å². The smallest absolute Gasteiger partial charge is 0.333 e. The SMILES string of the molecule is CCCCn1c(SCC(=O)N(Cc2ccccc2)C(C)(C)C)n[nH]c1=O. The lowest BCUT2D eigenvalue weighted by atomic mass is 10.0. The first-order chi connectivity index (χ1) is 12.3. The largest absolute Gasteiger partial charge is 0.343 e. The Bertz CT molecular complexity index is 762. The maximum atomic E-state index is 12.9. The Morgan fingerprint density at radius 3 is 2.58 bits per heavy atom. The van der Waals surface area contributed by atoms with Crippen LogP contribution in [0, 0.1) is 0 Å². The highest BCUT2D eigenvalue weighted by atomic mass is 32.2. The Hall–Kier alpha value is -2.02. The lowest BCUT2D eigenvalue weighted by Crippen LogP contribution is -2.46. The number of aromatic amines is 1. The minimum absolute atomic E-state index is 0.0313. The highest BCUT2D eigenvalue weighted by molar-refractivity contribution is 7.99. The monoisotopic (exact) mass is 376 g/mol. The molecule has 1 N–H and O–H groups in total. The van der Waals surface area contributed by atoms with Crippen LogP contribution in [0.1, 0.15) is 46.1 Å². The zero-order valence-corrected chi connectivity index (χ0v) is 16.8. The molecule has 26 heavy (non-hydrogen) atoms. The average molecular weight is 377 g/mol. The van der Waals surface area contributed by atoms with E-state index in [-0.39, 0.29) is 22.9 Å². The molecular formula is C19H28N4O2S. The van der Waals surface area contributed by atoms with Crippen LogP contribution in [0.25, 0.3) is 0 Å². The second-order valence-electron chi connectivity index (χ2n) is 7.24. The van der Waals surface area contributed by atoms with Gasteiger partial charge in [0.25, 0.3) is 0 Å². The molecule has 0 spiro atoms. The van der Waals surface area contributed by atoms with E-state index in [0.29, 0.717) is 18.2 Å². The molecule has 142 valence electrons. The predicted octanol–water partition coefficient (Wildman–Crippen LogP) is 3.29. The molecule has 0 unspecified atom stereocenters. The van der Waals surface area contributed by atoms with Crippen molar-refractivity contribution in [1.82, 2.24) is 19.7 Å². The molecule has 0 aliphatic carbocycles. The van der Waals surface area contributed by atoms with Crippen LogP contribution in [0.2, 0.25) is 0 Å². The highest BCUT2D eigenvalue weighted by Crippen LogP contribution is 2.21. The zero-order valence-electron chi connectivity index (χ0n) is 16.0. The molecule has 0 atom stereocenters. The molecule has 1 amide bonds. The molecule has 2 aromatic rings. The maximum absolute atomic E-state index is 12.9. The van der Waals surface area contributed by atoms with E-state index in [1.807, 2.05) is 56.0 Å². The number of hydrogen-bond donors (Lipinski definition) is 1. The van der Waals surface area contributed by atoms with Crippen molar-refractivity contribution in [3.05, 3.63) is 46.4 Å². The van der Waals surface area contributed by atoms with Crippen LogP contribution < -0.4 is 5.69 Å². The summed E-state index contributed by atoms with van der Waals surface area (Å²) in [5, 5.41) is 7.12. The Morgan fingerprint density at radius 2 is 1.96 bits per heavy atom. The molecule has 1 aromatic carbocycles. The summed E-state index contributed by atoms with van der Waals surface area (Å²) in [6.45, 7) is 9.35. The number of hydrogen-bond acceptors (Lipinski definition) is 4. The number of unbranched alkanes of at least 4 members (excludes halogenated alkanes) is 1. The van der Waals surface area contributed by atoms with Crippen molar-refractivity contribution in [3.8, 4) is 0 Å². The molecule has 1 aromatic heterocycles. The number of nitrogens with zero attached hydrogens (tertiary/aromatic N) is 3. The Balaban J connectivity index is 2.07. The number of nitrogens with one attached hydrogen (secondary N) is 1. The lowest BCUT2D eigenvalue weighted by molar-refractivity contribution is -0.133. The molecule has 0 aliphatic rings. The first-order valence-corrected chi connectivity index (χ1v) is 9.94. The van der Waals surface area contributed by atoms with Crippen LogP contribution in [-0.2, 0) is 17.9 Å². The van der Waals surface area contributed by atoms with E-state index in [4.69, 9.17) is 0 Å². The number of benzene rings is 1. The topological polar surface area (TPSA) is 71.0 Å². The van der Waals surface area contributed by atoms with Gasteiger partial charge in [-0.05, 0) is 32.8 Å². The van der Waals surface area contributed by atoms with E-state index < -0.39 is 0 Å². The van der Waals surface area contributed by atoms with E-state index in [9.17, 15) is 9.59 Å². The molecule has 6 nitrogen and oxygen atoms in total. The van der Waals surface area contributed by atoms with Crippen molar-refractivity contribution in [2.45, 2.75) is 64.3 Å². The standard InChI is InChI=1S/C19H28N4O2S/c1-5-6-12-22-17(25)20-21-18(22)26-14-16(24)23(19(2,3)4)13-15-10-8-7-9-11-15/h7-11H,5-6,12-14H2,1-4H3,(H,20,25). The summed E-state index contributed by atoms with van der Waals surface area (Å²) in [4.78, 5) is 26.6. The van der Waals surface area contributed by atoms with Crippen molar-refractivity contribution < 1.29 is 4.79 Å². The van der Waals surface area contributed by atoms with Crippen LogP contribution in [0.15, 0.2) is 40.3 Å². The molecule has 2 rings (SSSR count). The maximum Gasteiger partial charge on any atom is 0.343 e. The third-order valence-corrected chi connectivity index (χ3v) is 5.04. The van der Waals surface area contributed by atoms with E-state index >= 15 is 0 Å². The Kier molecular flexibility index (Phi) is 7.08. The van der Waals surface area contributed by atoms with Crippen molar-refractivity contribution in [2.24, 2.45) is 0 Å². The van der Waals surface area contributed by atoms with Crippen LogP contribution >= 0.6 is 11.8 Å². The van der Waals surface area contributed by atoms with Crippen LogP contribution in [-0.4, -0.2) is 36.9 Å². The van der Waals surface area contributed by atoms with Gasteiger partial charge < -0.3 is 4.90 Å². The normalized spacial score (nSPS) is 11.5. The summed E-state index contributed by atoms with van der Waals surface area (Å²) in [7, 11) is 0. The summed E-state index contributed by atoms with van der Waals surface area (Å²) < 4.78 is 1.61. The molecular weight excluding hydrogens is 348 g/mol. The van der Waals surface area contributed by atoms with E-state index in [1.165, 1.54) is 11.8 Å². The number of H-pyrrole nitrogens is 1. The summed E-state index contributed by atoms with van der Waals surface area (Å²) in [5.74, 6) is 0.282. The zero-order chi connectivity index (χ0) is 19.2. The number of thioether (sulfide) groups is 1. The van der Waals surface area contributed by atoms with Crippen molar-refractivity contribution >= 4 is 17.7 Å². The fourth-order valence-electron chi connectivity index (χ4n) is 2.60. The quantitative estimate of drug-likeness (QED) is 0.718. The van der Waals surface area contributed by atoms with Crippen LogP contribution in [0.4, 0.5) is 0 Å². The van der Waals surface area contributed by atoms with Gasteiger partial charge in [-0.25, -0.2) is 9.89 Å². The van der Waals surface area contributed by atoms with Gasteiger partial charge in [-0.3, -0.25) is 9.36 Å². The number of amides is 1. The summed E-state index contributed by atoms with van der Waals surface area (Å²) in [6, 6.07) is 9.97. The van der Waals surface area contributed by atoms with Crippen LogP contribution in [0.3, 0.4) is 0 Å². The highest BCUT2D eigenvalue weighted by Gasteiger charge is 2.27. The van der Waals surface area contributed by atoms with Crippen molar-refractivity contribution in [1.29, 1.82) is 0 Å². The van der Waals surface area contributed by atoms with Crippen molar-refractivity contribution in [3.63, 3.8) is 0 Å². The lowest BCUT2D eigenvalue weighted by Gasteiger charge is -2.36. The summed E-state index contributed by atoms with van der Waals surface area (Å²) in [5.41, 5.74) is 0.590. The molecule has 7 heteroatoms. The fourth-order valence-corrected chi connectivity index (χ4v) is 3.45. The molecule has 0 fully saturated rings. The minimum Gasteiger partial charge on any atom is -0.333 e. The number of carbonyl (C=O) groups excluding carboxylic acids is 1. The fraction of sp³-hybridized carbons (Fsp3) is 0.526. The second kappa shape index (κ2) is 9.07. The molecule has 0 aliphatic heterocycles. The van der Waals surface area contributed by atoms with Crippen LogP contribution in [0.5, 0.6) is 0 Å². The second-order valence-corrected chi connectivity index (χ2v) is 8.18. The minimum atomic E-state index is -0.291. The molecule has 0 saturated carbocycles. The first-order valence-electron chi connectivity index (χ1n) is 8.95. The van der Waals surface area contributed by atoms with Crippen molar-refractivity contribution in [2.75, 3.05) is 5.75 Å². The summed E-state index contributed by atoms with van der Waals surface area (Å²) >= 11 is 1.31. The van der Waals surface area contributed by atoms with Gasteiger partial charge in [-0.1, -0.05) is 55.4 Å². The van der Waals surface area contributed by atoms with E-state index in [1.54, 1.807) is 4.57 Å². The summed E-state index contributed by atoms with van der Waals surface area (Å²) in [6.07, 6.45) is 1.90. The van der Waals surface area contributed by atoms with Gasteiger partial charge in [-0.2, -0.15) is 0 Å². The van der Waals surface area contributed by atoms with Gasteiger partial charge >= 0.3 is 5.69 Å². The molecule has 1 heterocycles.